The Balaban J connectivity index is 1.79. The molecular formula is C22H26BrNO4S. The van der Waals surface area contributed by atoms with E-state index in [2.05, 4.69) is 15.9 Å². The smallest absolute Gasteiger partial charge is 0.261 e. The molecule has 0 saturated carbocycles. The number of hydrogen-bond acceptors (Lipinski definition) is 4. The number of aryl methyl sites for hydroxylation is 3. The predicted octanol–water partition coefficient (Wildman–Crippen LogP) is 3.97. The fourth-order valence-electron chi connectivity index (χ4n) is 3.89. The standard InChI is InChI=1S/C22H26BrNO4S/c1-15-9-16(2)22(17(3)10-15)28-13-21(25)24(20-7-8-29(26,27)14-20)12-18-5-4-6-19(23)11-18/h4-6,9-11,20H,7-8,12-14H2,1-3H3/t20-/m1/s1. The lowest BCUT2D eigenvalue weighted by Gasteiger charge is -2.29. The first kappa shape index (κ1) is 21.8. The SMILES string of the molecule is Cc1cc(C)c(OCC(=O)N(Cc2cccc(Br)c2)[C@@H]2CCS(=O)(=O)C2)c(C)c1. The zero-order valence-electron chi connectivity index (χ0n) is 16.9. The van der Waals surface area contributed by atoms with Crippen LogP contribution in [0.4, 0.5) is 0 Å². The van der Waals surface area contributed by atoms with Crippen LogP contribution in [0.2, 0.25) is 0 Å². The molecule has 0 N–H and O–H groups in total. The van der Waals surface area contributed by atoms with Crippen LogP contribution in [0.3, 0.4) is 0 Å². The average Bonchev–Trinajstić information content (AvgIpc) is 2.98. The monoisotopic (exact) mass is 479 g/mol. The second kappa shape index (κ2) is 8.88. The highest BCUT2D eigenvalue weighted by molar-refractivity contribution is 9.10. The maximum absolute atomic E-state index is 13.1. The lowest BCUT2D eigenvalue weighted by atomic mass is 10.1. The Labute approximate surface area is 181 Å². The Morgan fingerprint density at radius 1 is 1.17 bits per heavy atom. The van der Waals surface area contributed by atoms with Crippen molar-refractivity contribution in [2.75, 3.05) is 18.1 Å². The molecule has 0 unspecified atom stereocenters. The zero-order chi connectivity index (χ0) is 21.2. The van der Waals surface area contributed by atoms with Crippen LogP contribution < -0.4 is 4.74 Å². The first-order chi connectivity index (χ1) is 13.6. The molecule has 2 aromatic carbocycles. The van der Waals surface area contributed by atoms with Crippen molar-refractivity contribution < 1.29 is 17.9 Å². The third-order valence-electron chi connectivity index (χ3n) is 5.16. The molecule has 1 aliphatic heterocycles. The van der Waals surface area contributed by atoms with E-state index in [0.717, 1.165) is 26.7 Å². The average molecular weight is 480 g/mol. The van der Waals surface area contributed by atoms with E-state index in [4.69, 9.17) is 4.74 Å². The van der Waals surface area contributed by atoms with Gasteiger partial charge >= 0.3 is 0 Å². The van der Waals surface area contributed by atoms with Crippen LogP contribution in [0.1, 0.15) is 28.7 Å². The van der Waals surface area contributed by atoms with Crippen molar-refractivity contribution in [1.82, 2.24) is 4.90 Å². The normalized spacial score (nSPS) is 17.9. The minimum Gasteiger partial charge on any atom is -0.483 e. The fourth-order valence-corrected chi connectivity index (χ4v) is 6.06. The van der Waals surface area contributed by atoms with Gasteiger partial charge in [-0.2, -0.15) is 0 Å². The molecule has 1 heterocycles. The first-order valence-corrected chi connectivity index (χ1v) is 12.2. The lowest BCUT2D eigenvalue weighted by molar-refractivity contribution is -0.136. The van der Waals surface area contributed by atoms with Crippen LogP contribution in [-0.4, -0.2) is 43.4 Å². The number of carbonyl (C=O) groups excluding carboxylic acids is 1. The molecule has 29 heavy (non-hydrogen) atoms. The van der Waals surface area contributed by atoms with E-state index in [0.29, 0.717) is 18.7 Å². The first-order valence-electron chi connectivity index (χ1n) is 9.59. The second-order valence-corrected chi connectivity index (χ2v) is 10.9. The Morgan fingerprint density at radius 3 is 2.45 bits per heavy atom. The quantitative estimate of drug-likeness (QED) is 0.628. The second-order valence-electron chi connectivity index (χ2n) is 7.72. The molecule has 0 spiro atoms. The molecule has 3 rings (SSSR count). The number of hydrogen-bond donors (Lipinski definition) is 0. The van der Waals surface area contributed by atoms with Gasteiger partial charge in [-0.3, -0.25) is 4.79 Å². The van der Waals surface area contributed by atoms with Gasteiger partial charge in [0, 0.05) is 17.1 Å². The van der Waals surface area contributed by atoms with Crippen molar-refractivity contribution >= 4 is 31.7 Å². The van der Waals surface area contributed by atoms with E-state index in [9.17, 15) is 13.2 Å². The van der Waals surface area contributed by atoms with Crippen LogP contribution in [0.25, 0.3) is 0 Å². The van der Waals surface area contributed by atoms with Crippen LogP contribution in [0.5, 0.6) is 5.75 Å². The Bertz CT molecular complexity index is 996. The van der Waals surface area contributed by atoms with Crippen LogP contribution in [0.15, 0.2) is 40.9 Å². The summed E-state index contributed by atoms with van der Waals surface area (Å²) in [6, 6.07) is 11.4. The van der Waals surface area contributed by atoms with Crippen LogP contribution in [-0.2, 0) is 21.2 Å². The lowest BCUT2D eigenvalue weighted by Crippen LogP contribution is -2.43. The number of halogens is 1. The number of sulfone groups is 1. The van der Waals surface area contributed by atoms with E-state index in [1.165, 1.54) is 0 Å². The fraction of sp³-hybridized carbons (Fsp3) is 0.409. The number of amides is 1. The summed E-state index contributed by atoms with van der Waals surface area (Å²) in [4.78, 5) is 14.7. The van der Waals surface area contributed by atoms with Gasteiger partial charge in [0.15, 0.2) is 16.4 Å². The van der Waals surface area contributed by atoms with Crippen molar-refractivity contribution in [3.8, 4) is 5.75 Å². The molecule has 0 radical (unpaired) electrons. The molecule has 7 heteroatoms. The van der Waals surface area contributed by atoms with Gasteiger partial charge in [-0.25, -0.2) is 8.42 Å². The molecule has 0 bridgehead atoms. The summed E-state index contributed by atoms with van der Waals surface area (Å²) in [7, 11) is -3.10. The molecule has 1 amide bonds. The maximum atomic E-state index is 13.1. The molecule has 5 nitrogen and oxygen atoms in total. The molecule has 0 aromatic heterocycles. The molecule has 1 atom stereocenters. The Morgan fingerprint density at radius 2 is 1.86 bits per heavy atom. The summed E-state index contributed by atoms with van der Waals surface area (Å²) < 4.78 is 30.8. The number of nitrogens with zero attached hydrogens (tertiary/aromatic N) is 1. The minimum atomic E-state index is -3.10. The molecule has 1 saturated heterocycles. The molecule has 1 fully saturated rings. The number of carbonyl (C=O) groups is 1. The summed E-state index contributed by atoms with van der Waals surface area (Å²) in [6.07, 6.45) is 0.463. The van der Waals surface area contributed by atoms with Gasteiger partial charge in [0.05, 0.1) is 11.5 Å². The molecule has 2 aromatic rings. The van der Waals surface area contributed by atoms with Crippen molar-refractivity contribution in [1.29, 1.82) is 0 Å². The maximum Gasteiger partial charge on any atom is 0.261 e. The number of benzene rings is 2. The van der Waals surface area contributed by atoms with Crippen LogP contribution >= 0.6 is 15.9 Å². The minimum absolute atomic E-state index is 0.00926. The summed E-state index contributed by atoms with van der Waals surface area (Å²) in [5, 5.41) is 0. The summed E-state index contributed by atoms with van der Waals surface area (Å²) in [5.74, 6) is 0.642. The van der Waals surface area contributed by atoms with Gasteiger partial charge in [-0.15, -0.1) is 0 Å². The van der Waals surface area contributed by atoms with Crippen molar-refractivity contribution in [3.63, 3.8) is 0 Å². The largest absolute Gasteiger partial charge is 0.483 e. The Kier molecular flexibility index (Phi) is 6.69. The summed E-state index contributed by atoms with van der Waals surface area (Å²) in [5.41, 5.74) is 4.06. The van der Waals surface area contributed by atoms with Gasteiger partial charge < -0.3 is 9.64 Å². The molecule has 156 valence electrons. The van der Waals surface area contributed by atoms with Crippen molar-refractivity contribution in [3.05, 3.63) is 63.1 Å². The highest BCUT2D eigenvalue weighted by Gasteiger charge is 2.35. The van der Waals surface area contributed by atoms with Gasteiger partial charge in [-0.1, -0.05) is 45.8 Å². The highest BCUT2D eigenvalue weighted by Crippen LogP contribution is 2.26. The van der Waals surface area contributed by atoms with Crippen LogP contribution in [0, 0.1) is 20.8 Å². The van der Waals surface area contributed by atoms with E-state index in [-0.39, 0.29) is 30.1 Å². The molecular weight excluding hydrogens is 454 g/mol. The van der Waals surface area contributed by atoms with E-state index in [1.54, 1.807) is 4.90 Å². The predicted molar refractivity (Wildman–Crippen MR) is 118 cm³/mol. The molecule has 1 aliphatic rings. The summed E-state index contributed by atoms with van der Waals surface area (Å²) in [6.45, 7) is 6.18. The van der Waals surface area contributed by atoms with Gasteiger partial charge in [0.2, 0.25) is 0 Å². The van der Waals surface area contributed by atoms with E-state index < -0.39 is 9.84 Å². The third-order valence-corrected chi connectivity index (χ3v) is 7.40. The van der Waals surface area contributed by atoms with Gasteiger partial charge in [0.1, 0.15) is 5.75 Å². The van der Waals surface area contributed by atoms with Crippen molar-refractivity contribution in [2.24, 2.45) is 0 Å². The Hall–Kier alpha value is -1.86. The molecule has 0 aliphatic carbocycles. The van der Waals surface area contributed by atoms with E-state index >= 15 is 0 Å². The highest BCUT2D eigenvalue weighted by atomic mass is 79.9. The third kappa shape index (κ3) is 5.60. The van der Waals surface area contributed by atoms with Gasteiger partial charge in [-0.05, 0) is 56.0 Å². The number of ether oxygens (including phenoxy) is 1. The van der Waals surface area contributed by atoms with E-state index in [1.807, 2.05) is 57.2 Å². The topological polar surface area (TPSA) is 63.7 Å². The summed E-state index contributed by atoms with van der Waals surface area (Å²) >= 11 is 3.45. The van der Waals surface area contributed by atoms with Gasteiger partial charge in [0.25, 0.3) is 5.91 Å². The van der Waals surface area contributed by atoms with Crippen molar-refractivity contribution in [2.45, 2.75) is 39.8 Å². The zero-order valence-corrected chi connectivity index (χ0v) is 19.3. The number of rotatable bonds is 6.